The van der Waals surface area contributed by atoms with Gasteiger partial charge in [-0.15, -0.1) is 11.3 Å². The van der Waals surface area contributed by atoms with E-state index in [-0.39, 0.29) is 17.5 Å². The van der Waals surface area contributed by atoms with E-state index in [0.29, 0.717) is 16.8 Å². The molecule has 7 nitrogen and oxygen atoms in total. The van der Waals surface area contributed by atoms with E-state index in [2.05, 4.69) is 20.6 Å². The summed E-state index contributed by atoms with van der Waals surface area (Å²) in [6, 6.07) is 8.75. The number of anilines is 1. The van der Waals surface area contributed by atoms with Crippen LogP contribution in [0.4, 0.5) is 14.3 Å². The number of rotatable bonds is 6. The minimum atomic E-state index is -2.19. The lowest BCUT2D eigenvalue weighted by atomic mass is 10.2. The second-order valence-corrected chi connectivity index (χ2v) is 7.34. The lowest BCUT2D eigenvalue weighted by molar-refractivity contribution is 0.251. The van der Waals surface area contributed by atoms with E-state index in [1.807, 2.05) is 0 Å². The normalized spacial score (nSPS) is 13.0. The van der Waals surface area contributed by atoms with E-state index in [1.54, 1.807) is 35.8 Å². The van der Waals surface area contributed by atoms with Gasteiger partial charge < -0.3 is 9.87 Å². The molecule has 2 unspecified atom stereocenters. The van der Waals surface area contributed by atoms with Gasteiger partial charge in [0.25, 0.3) is 0 Å². The van der Waals surface area contributed by atoms with Crippen LogP contribution >= 0.6 is 11.3 Å². The van der Waals surface area contributed by atoms with Gasteiger partial charge in [-0.2, -0.15) is 0 Å². The molecule has 0 saturated carbocycles. The molecule has 3 N–H and O–H groups in total. The van der Waals surface area contributed by atoms with Crippen molar-refractivity contribution in [1.29, 1.82) is 0 Å². The number of urea groups is 1. The zero-order valence-corrected chi connectivity index (χ0v) is 15.5. The van der Waals surface area contributed by atoms with Crippen molar-refractivity contribution in [3.05, 3.63) is 76.8 Å². The van der Waals surface area contributed by atoms with Crippen molar-refractivity contribution in [2.75, 3.05) is 5.32 Å². The van der Waals surface area contributed by atoms with Crippen LogP contribution in [0, 0.1) is 5.82 Å². The molecular formula is C17H15FN4O3S2. The molecule has 0 aliphatic carbocycles. The van der Waals surface area contributed by atoms with Crippen LogP contribution in [0.15, 0.2) is 54.2 Å². The molecule has 3 aromatic rings. The maximum Gasteiger partial charge on any atom is 0.321 e. The Bertz CT molecular complexity index is 952. The summed E-state index contributed by atoms with van der Waals surface area (Å²) in [6.07, 6.45) is 3.06. The Balaban J connectivity index is 1.64. The Morgan fingerprint density at radius 3 is 2.89 bits per heavy atom. The van der Waals surface area contributed by atoms with E-state index in [9.17, 15) is 17.9 Å². The number of aromatic nitrogens is 2. The van der Waals surface area contributed by atoms with Crippen molar-refractivity contribution in [2.24, 2.45) is 0 Å². The van der Waals surface area contributed by atoms with E-state index in [4.69, 9.17) is 0 Å². The van der Waals surface area contributed by atoms with Crippen LogP contribution in [0.2, 0.25) is 0 Å². The molecule has 0 spiro atoms. The Labute approximate surface area is 161 Å². The summed E-state index contributed by atoms with van der Waals surface area (Å²) in [5.74, 6) is -0.377. The number of pyridine rings is 1. The molecule has 0 fully saturated rings. The van der Waals surface area contributed by atoms with E-state index >= 15 is 0 Å². The molecule has 0 saturated heterocycles. The molecule has 140 valence electrons. The fraction of sp³-hybridized carbons (Fsp3) is 0.118. The van der Waals surface area contributed by atoms with Gasteiger partial charge in [0, 0.05) is 24.3 Å². The van der Waals surface area contributed by atoms with Crippen molar-refractivity contribution >= 4 is 33.6 Å². The third-order valence-corrected chi connectivity index (χ3v) is 5.23. The van der Waals surface area contributed by atoms with Gasteiger partial charge in [0.15, 0.2) is 16.2 Å². The van der Waals surface area contributed by atoms with Crippen molar-refractivity contribution in [2.45, 2.75) is 11.8 Å². The number of nitrogens with one attached hydrogen (secondary N) is 2. The van der Waals surface area contributed by atoms with E-state index in [1.165, 1.54) is 18.3 Å². The predicted octanol–water partition coefficient (Wildman–Crippen LogP) is 3.31. The van der Waals surface area contributed by atoms with Gasteiger partial charge in [0.05, 0.1) is 5.69 Å². The SMILES string of the molecule is O=C(NCc1cccc(F)c1)Nc1nc(C(c2cccnc2)S(=O)O)cs1. The molecule has 10 heteroatoms. The smallest absolute Gasteiger partial charge is 0.321 e. The monoisotopic (exact) mass is 406 g/mol. The lowest BCUT2D eigenvalue weighted by Crippen LogP contribution is -2.28. The largest absolute Gasteiger partial charge is 0.334 e. The number of halogens is 1. The molecule has 0 radical (unpaired) electrons. The first-order valence-electron chi connectivity index (χ1n) is 7.77. The molecule has 3 rings (SSSR count). The Hall–Kier alpha value is -2.69. The second kappa shape index (κ2) is 8.80. The molecule has 0 aliphatic rings. The fourth-order valence-electron chi connectivity index (χ4n) is 2.36. The quantitative estimate of drug-likeness (QED) is 0.545. The number of amides is 2. The van der Waals surface area contributed by atoms with Gasteiger partial charge in [-0.3, -0.25) is 10.3 Å². The molecule has 0 aliphatic heterocycles. The number of benzene rings is 1. The molecular weight excluding hydrogens is 391 g/mol. The third-order valence-electron chi connectivity index (χ3n) is 3.54. The Morgan fingerprint density at radius 1 is 1.33 bits per heavy atom. The molecule has 2 aromatic heterocycles. The maximum absolute atomic E-state index is 13.1. The highest BCUT2D eigenvalue weighted by molar-refractivity contribution is 7.79. The maximum atomic E-state index is 13.1. The van der Waals surface area contributed by atoms with Gasteiger partial charge in [0.2, 0.25) is 0 Å². The summed E-state index contributed by atoms with van der Waals surface area (Å²) in [7, 11) is 0. The number of hydrogen-bond donors (Lipinski definition) is 3. The predicted molar refractivity (Wildman–Crippen MR) is 101 cm³/mol. The van der Waals surface area contributed by atoms with Gasteiger partial charge in [-0.1, -0.05) is 18.2 Å². The molecule has 2 atom stereocenters. The highest BCUT2D eigenvalue weighted by Crippen LogP contribution is 2.29. The average Bonchev–Trinajstić information content (AvgIpc) is 3.08. The Morgan fingerprint density at radius 2 is 2.19 bits per heavy atom. The van der Waals surface area contributed by atoms with Gasteiger partial charge in [-0.05, 0) is 29.3 Å². The molecule has 27 heavy (non-hydrogen) atoms. The summed E-state index contributed by atoms with van der Waals surface area (Å²) < 4.78 is 34.5. The summed E-state index contributed by atoms with van der Waals surface area (Å²) in [6.45, 7) is 0.154. The summed E-state index contributed by atoms with van der Waals surface area (Å²) >= 11 is -1.06. The number of thiazole rings is 1. The average molecular weight is 406 g/mol. The lowest BCUT2D eigenvalue weighted by Gasteiger charge is -2.10. The van der Waals surface area contributed by atoms with Gasteiger partial charge in [-0.25, -0.2) is 18.4 Å². The van der Waals surface area contributed by atoms with Crippen molar-refractivity contribution < 1.29 is 17.9 Å². The number of carbonyl (C=O) groups is 1. The summed E-state index contributed by atoms with van der Waals surface area (Å²) in [4.78, 5) is 20.2. The van der Waals surface area contributed by atoms with Crippen LogP contribution in [-0.4, -0.2) is 24.8 Å². The summed E-state index contributed by atoms with van der Waals surface area (Å²) in [5.41, 5.74) is 1.53. The molecule has 2 amide bonds. The Kier molecular flexibility index (Phi) is 6.22. The molecule has 2 heterocycles. The first-order valence-corrected chi connectivity index (χ1v) is 9.82. The van der Waals surface area contributed by atoms with Crippen LogP contribution in [-0.2, 0) is 17.6 Å². The summed E-state index contributed by atoms with van der Waals surface area (Å²) in [5, 5.41) is 6.18. The van der Waals surface area contributed by atoms with Crippen LogP contribution < -0.4 is 10.6 Å². The number of carbonyl (C=O) groups excluding carboxylic acids is 1. The van der Waals surface area contributed by atoms with Crippen molar-refractivity contribution in [1.82, 2.24) is 15.3 Å². The first kappa shape index (κ1) is 19.1. The number of hydrogen-bond acceptors (Lipinski definition) is 5. The topological polar surface area (TPSA) is 104 Å². The van der Waals surface area contributed by atoms with Crippen molar-refractivity contribution in [3.8, 4) is 0 Å². The van der Waals surface area contributed by atoms with Gasteiger partial charge in [0.1, 0.15) is 11.1 Å². The highest BCUT2D eigenvalue weighted by atomic mass is 32.2. The minimum absolute atomic E-state index is 0.154. The van der Waals surface area contributed by atoms with Crippen molar-refractivity contribution in [3.63, 3.8) is 0 Å². The minimum Gasteiger partial charge on any atom is -0.334 e. The highest BCUT2D eigenvalue weighted by Gasteiger charge is 2.23. The van der Waals surface area contributed by atoms with Gasteiger partial charge >= 0.3 is 6.03 Å². The van der Waals surface area contributed by atoms with E-state index < -0.39 is 22.4 Å². The molecule has 1 aromatic carbocycles. The zero-order valence-electron chi connectivity index (χ0n) is 13.8. The third kappa shape index (κ3) is 5.16. The van der Waals surface area contributed by atoms with Crippen LogP contribution in [0.5, 0.6) is 0 Å². The zero-order chi connectivity index (χ0) is 19.2. The second-order valence-electron chi connectivity index (χ2n) is 5.46. The first-order chi connectivity index (χ1) is 13.0. The van der Waals surface area contributed by atoms with Crippen LogP contribution in [0.3, 0.4) is 0 Å². The van der Waals surface area contributed by atoms with E-state index in [0.717, 1.165) is 11.3 Å². The number of nitrogens with zero attached hydrogens (tertiary/aromatic N) is 2. The van der Waals surface area contributed by atoms with Crippen LogP contribution in [0.25, 0.3) is 0 Å². The standard InChI is InChI=1S/C17H15FN4O3S2/c18-13-5-1-3-11(7-13)8-20-16(23)22-17-21-14(10-26-17)15(27(24)25)12-4-2-6-19-9-12/h1-7,9-10,15H,8H2,(H,24,25)(H2,20,21,22,23). The molecule has 0 bridgehead atoms. The van der Waals surface area contributed by atoms with Crippen LogP contribution in [0.1, 0.15) is 22.1 Å². The fourth-order valence-corrected chi connectivity index (χ4v) is 3.87.